The van der Waals surface area contributed by atoms with Gasteiger partial charge in [-0.1, -0.05) is 61.4 Å². The van der Waals surface area contributed by atoms with E-state index < -0.39 is 5.09 Å². The topological polar surface area (TPSA) is 122 Å². The molecule has 0 bridgehead atoms. The van der Waals surface area contributed by atoms with Gasteiger partial charge in [-0.3, -0.25) is 9.59 Å². The highest BCUT2D eigenvalue weighted by Gasteiger charge is 2.24. The number of nitrogens with zero attached hydrogens (tertiary/aromatic N) is 1. The predicted octanol–water partition coefficient (Wildman–Crippen LogP) is 5.87. The fourth-order valence-corrected chi connectivity index (χ4v) is 4.72. The third kappa shape index (κ3) is 14.2. The van der Waals surface area contributed by atoms with E-state index in [9.17, 15) is 19.7 Å². The molecule has 204 valence electrons. The zero-order chi connectivity index (χ0) is 26.7. The quantitative estimate of drug-likeness (QED) is 0.0809. The van der Waals surface area contributed by atoms with Crippen molar-refractivity contribution in [1.29, 1.82) is 0 Å². The highest BCUT2D eigenvalue weighted by Crippen LogP contribution is 2.35. The summed E-state index contributed by atoms with van der Waals surface area (Å²) in [7, 11) is 0. The summed E-state index contributed by atoms with van der Waals surface area (Å²) < 4.78 is 5.84. The predicted molar refractivity (Wildman–Crippen MR) is 143 cm³/mol. The van der Waals surface area contributed by atoms with E-state index in [0.29, 0.717) is 43.9 Å². The standard InChI is InChI=1S/C29H42N2O6/c30-28(32)17-8-2-1-7-14-25-15-11-16-26(25)20-22-27(21-19-24-12-5-3-6-13-24)37-29(33)18-9-4-10-23-36-31(34)35/h1,3,5-7,12-13,20,22,25-27H,2,4,8-11,14-19,21,23H2,(H2,30,32)/b7-1-,22-20+/t25-,26+,27-/m0/s1. The van der Waals surface area contributed by atoms with Crippen LogP contribution in [0.5, 0.6) is 0 Å². The van der Waals surface area contributed by atoms with Gasteiger partial charge in [0.15, 0.2) is 0 Å². The molecule has 8 nitrogen and oxygen atoms in total. The van der Waals surface area contributed by atoms with E-state index in [1.165, 1.54) is 18.4 Å². The highest BCUT2D eigenvalue weighted by molar-refractivity contribution is 5.73. The maximum atomic E-state index is 12.5. The molecule has 1 aliphatic rings. The van der Waals surface area contributed by atoms with Crippen molar-refractivity contribution in [2.24, 2.45) is 17.6 Å². The third-order valence-electron chi connectivity index (χ3n) is 6.76. The number of nitrogens with two attached hydrogens (primary N) is 1. The van der Waals surface area contributed by atoms with Crippen LogP contribution in [0.2, 0.25) is 0 Å². The van der Waals surface area contributed by atoms with Crippen LogP contribution >= 0.6 is 0 Å². The number of aryl methyl sites for hydroxylation is 1. The van der Waals surface area contributed by atoms with Crippen LogP contribution in [0.3, 0.4) is 0 Å². The maximum absolute atomic E-state index is 12.5. The lowest BCUT2D eigenvalue weighted by atomic mass is 9.91. The van der Waals surface area contributed by atoms with E-state index in [2.05, 4.69) is 41.3 Å². The van der Waals surface area contributed by atoms with E-state index >= 15 is 0 Å². The summed E-state index contributed by atoms with van der Waals surface area (Å²) >= 11 is 0. The minimum Gasteiger partial charge on any atom is -0.458 e. The van der Waals surface area contributed by atoms with Gasteiger partial charge in [-0.2, -0.15) is 0 Å². The lowest BCUT2D eigenvalue weighted by molar-refractivity contribution is -0.757. The first-order chi connectivity index (χ1) is 17.9. The van der Waals surface area contributed by atoms with Crippen LogP contribution in [-0.4, -0.2) is 29.7 Å². The molecule has 1 aliphatic carbocycles. The molecule has 0 heterocycles. The van der Waals surface area contributed by atoms with Gasteiger partial charge in [0.05, 0.1) is 6.61 Å². The van der Waals surface area contributed by atoms with Gasteiger partial charge >= 0.3 is 5.97 Å². The third-order valence-corrected chi connectivity index (χ3v) is 6.76. The maximum Gasteiger partial charge on any atom is 0.306 e. The number of carbonyl (C=O) groups excluding carboxylic acids is 2. The van der Waals surface area contributed by atoms with Gasteiger partial charge in [0.1, 0.15) is 6.10 Å². The normalized spacial score (nSPS) is 18.3. The molecule has 0 saturated heterocycles. The Labute approximate surface area is 220 Å². The smallest absolute Gasteiger partial charge is 0.306 e. The molecule has 1 aromatic rings. The second-order valence-corrected chi connectivity index (χ2v) is 9.73. The molecule has 37 heavy (non-hydrogen) atoms. The number of esters is 1. The lowest BCUT2D eigenvalue weighted by Gasteiger charge is -2.18. The fourth-order valence-electron chi connectivity index (χ4n) is 4.72. The van der Waals surface area contributed by atoms with Crippen molar-refractivity contribution in [2.45, 2.75) is 89.6 Å². The zero-order valence-corrected chi connectivity index (χ0v) is 21.8. The van der Waals surface area contributed by atoms with Crippen LogP contribution in [0.4, 0.5) is 0 Å². The Kier molecular flexibility index (Phi) is 14.7. The molecule has 0 spiro atoms. The summed E-state index contributed by atoms with van der Waals surface area (Å²) in [5.41, 5.74) is 6.40. The molecule has 1 aromatic carbocycles. The number of allylic oxidation sites excluding steroid dienone is 3. The number of ether oxygens (including phenoxy) is 1. The van der Waals surface area contributed by atoms with Crippen molar-refractivity contribution in [3.8, 4) is 0 Å². The zero-order valence-electron chi connectivity index (χ0n) is 21.8. The van der Waals surface area contributed by atoms with Crippen molar-refractivity contribution in [1.82, 2.24) is 0 Å². The van der Waals surface area contributed by atoms with Gasteiger partial charge in [0, 0.05) is 12.8 Å². The molecule has 8 heteroatoms. The summed E-state index contributed by atoms with van der Waals surface area (Å²) in [5, 5.41) is 9.40. The van der Waals surface area contributed by atoms with E-state index in [-0.39, 0.29) is 24.6 Å². The minimum absolute atomic E-state index is 0.0512. The lowest BCUT2D eigenvalue weighted by Crippen LogP contribution is -2.18. The van der Waals surface area contributed by atoms with Crippen LogP contribution in [0.15, 0.2) is 54.6 Å². The number of rotatable bonds is 19. The summed E-state index contributed by atoms with van der Waals surface area (Å²) in [6.45, 7) is 0.0512. The van der Waals surface area contributed by atoms with Crippen molar-refractivity contribution >= 4 is 11.9 Å². The summed E-state index contributed by atoms with van der Waals surface area (Å²) in [6, 6.07) is 10.2. The van der Waals surface area contributed by atoms with E-state index in [1.54, 1.807) is 0 Å². The van der Waals surface area contributed by atoms with Gasteiger partial charge in [-0.15, -0.1) is 10.1 Å². The molecular weight excluding hydrogens is 472 g/mol. The molecule has 0 radical (unpaired) electrons. The highest BCUT2D eigenvalue weighted by atomic mass is 16.9. The van der Waals surface area contributed by atoms with Gasteiger partial charge in [0.25, 0.3) is 5.09 Å². The molecular formula is C29H42N2O6. The molecule has 0 unspecified atom stereocenters. The van der Waals surface area contributed by atoms with Crippen molar-refractivity contribution < 1.29 is 24.3 Å². The first-order valence-corrected chi connectivity index (χ1v) is 13.6. The van der Waals surface area contributed by atoms with Gasteiger partial charge in [-0.25, -0.2) is 0 Å². The number of amides is 1. The van der Waals surface area contributed by atoms with Crippen LogP contribution in [0.25, 0.3) is 0 Å². The number of primary amides is 1. The number of unbranched alkanes of at least 4 members (excludes halogenated alkanes) is 3. The Morgan fingerprint density at radius 3 is 2.65 bits per heavy atom. The Balaban J connectivity index is 1.85. The van der Waals surface area contributed by atoms with Crippen molar-refractivity contribution in [2.75, 3.05) is 6.61 Å². The summed E-state index contributed by atoms with van der Waals surface area (Å²) in [4.78, 5) is 37.9. The monoisotopic (exact) mass is 514 g/mol. The minimum atomic E-state index is -0.796. The first kappa shape index (κ1) is 30.1. The average Bonchev–Trinajstić information content (AvgIpc) is 3.32. The van der Waals surface area contributed by atoms with Gasteiger partial charge < -0.3 is 15.3 Å². The molecule has 1 amide bonds. The molecule has 0 aromatic heterocycles. The van der Waals surface area contributed by atoms with Gasteiger partial charge in [0.2, 0.25) is 5.91 Å². The second kappa shape index (κ2) is 18.1. The molecule has 3 atom stereocenters. The van der Waals surface area contributed by atoms with E-state index in [0.717, 1.165) is 38.5 Å². The average molecular weight is 515 g/mol. The van der Waals surface area contributed by atoms with E-state index in [1.807, 2.05) is 18.2 Å². The number of benzene rings is 1. The Hall–Kier alpha value is -3.16. The van der Waals surface area contributed by atoms with E-state index in [4.69, 9.17) is 10.5 Å². The fraction of sp³-hybridized carbons (Fsp3) is 0.586. The largest absolute Gasteiger partial charge is 0.458 e. The van der Waals surface area contributed by atoms with Crippen LogP contribution in [-0.2, 0) is 25.6 Å². The molecule has 2 N–H and O–H groups in total. The number of hydrogen-bond donors (Lipinski definition) is 1. The van der Waals surface area contributed by atoms with Gasteiger partial charge in [-0.05, 0) is 81.3 Å². The van der Waals surface area contributed by atoms with Crippen LogP contribution in [0.1, 0.15) is 82.6 Å². The van der Waals surface area contributed by atoms with Crippen LogP contribution < -0.4 is 5.73 Å². The molecule has 1 saturated carbocycles. The molecule has 0 aliphatic heterocycles. The van der Waals surface area contributed by atoms with Crippen molar-refractivity contribution in [3.05, 3.63) is 70.3 Å². The molecule has 2 rings (SSSR count). The number of hydrogen-bond acceptors (Lipinski definition) is 6. The SMILES string of the molecule is NC(=O)CCC/C=C\C[C@H]1CCC[C@@H]1/C=C/[C@H](CCc1ccccc1)OC(=O)CCCCCO[N+](=O)[O-]. The van der Waals surface area contributed by atoms with Crippen LogP contribution in [0, 0.1) is 22.0 Å². The summed E-state index contributed by atoms with van der Waals surface area (Å²) in [5.74, 6) is 0.560. The Morgan fingerprint density at radius 2 is 1.89 bits per heavy atom. The molecule has 1 fully saturated rings. The Morgan fingerprint density at radius 1 is 1.08 bits per heavy atom. The number of carbonyl (C=O) groups is 2. The second-order valence-electron chi connectivity index (χ2n) is 9.73. The first-order valence-electron chi connectivity index (χ1n) is 13.6. The Bertz CT molecular complexity index is 870. The summed E-state index contributed by atoms with van der Waals surface area (Å²) in [6.07, 6.45) is 18.7. The van der Waals surface area contributed by atoms with Crippen molar-refractivity contribution in [3.63, 3.8) is 0 Å².